The molecule has 0 aliphatic heterocycles. The van der Waals surface area contributed by atoms with Crippen LogP contribution >= 0.6 is 23.4 Å². The number of hydrogen-bond acceptors (Lipinski definition) is 8. The van der Waals surface area contributed by atoms with Crippen LogP contribution in [0, 0.1) is 5.82 Å². The monoisotopic (exact) mass is 460 g/mol. The topological polar surface area (TPSA) is 87.0 Å². The summed E-state index contributed by atoms with van der Waals surface area (Å²) < 4.78 is 27.4. The fourth-order valence-electron chi connectivity index (χ4n) is 2.84. The highest BCUT2D eigenvalue weighted by molar-refractivity contribution is 7.99. The molecule has 0 saturated carbocycles. The third kappa shape index (κ3) is 4.80. The summed E-state index contributed by atoms with van der Waals surface area (Å²) >= 11 is 7.37. The van der Waals surface area contributed by atoms with Gasteiger partial charge in [-0.15, -0.1) is 10.2 Å². The van der Waals surface area contributed by atoms with E-state index in [1.54, 1.807) is 37.7 Å². The number of anilines is 2. The molecule has 0 spiro atoms. The third-order valence-corrected chi connectivity index (χ3v) is 5.58. The molecule has 0 bridgehead atoms. The average molecular weight is 461 g/mol. The first-order valence-corrected chi connectivity index (χ1v) is 10.6. The molecule has 2 aromatic carbocycles. The van der Waals surface area contributed by atoms with E-state index in [2.05, 4.69) is 25.5 Å². The van der Waals surface area contributed by atoms with Crippen molar-refractivity contribution in [2.75, 3.05) is 24.8 Å². The van der Waals surface area contributed by atoms with Gasteiger partial charge in [0.1, 0.15) is 24.3 Å². The molecule has 11 heteroatoms. The van der Waals surface area contributed by atoms with Crippen molar-refractivity contribution in [2.24, 2.45) is 7.05 Å². The number of aromatic nitrogens is 5. The molecule has 0 amide bonds. The van der Waals surface area contributed by atoms with Crippen molar-refractivity contribution in [2.45, 2.75) is 5.16 Å². The van der Waals surface area contributed by atoms with E-state index in [1.807, 2.05) is 11.6 Å². The Morgan fingerprint density at radius 1 is 1.19 bits per heavy atom. The fraction of sp³-hybridized carbons (Fsp3) is 0.200. The lowest BCUT2D eigenvalue weighted by molar-refractivity contribution is 0.314. The second-order valence-electron chi connectivity index (χ2n) is 6.41. The van der Waals surface area contributed by atoms with Crippen LogP contribution in [0.1, 0.15) is 0 Å². The number of methoxy groups -OCH3 is 1. The molecule has 0 saturated heterocycles. The minimum absolute atomic E-state index is 0.254. The molecule has 4 rings (SSSR count). The molecule has 0 unspecified atom stereocenters. The van der Waals surface area contributed by atoms with Gasteiger partial charge >= 0.3 is 0 Å². The van der Waals surface area contributed by atoms with Crippen molar-refractivity contribution in [3.8, 4) is 11.5 Å². The molecule has 2 heterocycles. The van der Waals surface area contributed by atoms with Crippen LogP contribution in [0.3, 0.4) is 0 Å². The van der Waals surface area contributed by atoms with Gasteiger partial charge in [-0.25, -0.2) is 14.4 Å². The van der Waals surface area contributed by atoms with Gasteiger partial charge in [0.15, 0.2) is 16.7 Å². The van der Waals surface area contributed by atoms with Crippen molar-refractivity contribution in [3.63, 3.8) is 0 Å². The van der Waals surface area contributed by atoms with E-state index in [4.69, 9.17) is 21.1 Å². The summed E-state index contributed by atoms with van der Waals surface area (Å²) in [7, 11) is 3.44. The van der Waals surface area contributed by atoms with Crippen LogP contribution in [0.15, 0.2) is 48.1 Å². The molecule has 160 valence electrons. The van der Waals surface area contributed by atoms with Gasteiger partial charge < -0.3 is 19.4 Å². The van der Waals surface area contributed by atoms with Crippen molar-refractivity contribution in [1.29, 1.82) is 0 Å². The summed E-state index contributed by atoms with van der Waals surface area (Å²) in [6, 6.07) is 7.92. The Balaban J connectivity index is 1.54. The standard InChI is InChI=1S/C20H18ClFN6O2S/c1-28-11-25-27-20(28)31-6-5-30-18-9-16-13(8-17(18)29-2)19(24-10-23-16)26-15-4-3-12(21)7-14(15)22/h3-4,7-11H,5-6H2,1-2H3,(H,23,24,26). The van der Waals surface area contributed by atoms with E-state index in [0.29, 0.717) is 45.6 Å². The van der Waals surface area contributed by atoms with Crippen molar-refractivity contribution < 1.29 is 13.9 Å². The van der Waals surface area contributed by atoms with Gasteiger partial charge in [0.25, 0.3) is 0 Å². The first-order chi connectivity index (χ1) is 15.0. The first kappa shape index (κ1) is 21.1. The zero-order chi connectivity index (χ0) is 21.8. The molecule has 2 aromatic heterocycles. The van der Waals surface area contributed by atoms with Crippen molar-refractivity contribution in [3.05, 3.63) is 53.8 Å². The summed E-state index contributed by atoms with van der Waals surface area (Å²) in [5.41, 5.74) is 0.883. The summed E-state index contributed by atoms with van der Waals surface area (Å²) in [5, 5.41) is 12.7. The van der Waals surface area contributed by atoms with Gasteiger partial charge in [-0.05, 0) is 24.3 Å². The molecule has 0 fully saturated rings. The van der Waals surface area contributed by atoms with Gasteiger partial charge in [-0.2, -0.15) is 0 Å². The van der Waals surface area contributed by atoms with Gasteiger partial charge in [0.05, 0.1) is 24.9 Å². The van der Waals surface area contributed by atoms with Gasteiger partial charge in [-0.1, -0.05) is 23.4 Å². The Bertz CT molecular complexity index is 1220. The zero-order valence-electron chi connectivity index (χ0n) is 16.7. The minimum atomic E-state index is -0.480. The number of fused-ring (bicyclic) bond motifs is 1. The number of nitrogens with one attached hydrogen (secondary N) is 1. The quantitative estimate of drug-likeness (QED) is 0.304. The van der Waals surface area contributed by atoms with Crippen molar-refractivity contribution >= 4 is 45.8 Å². The normalized spacial score (nSPS) is 11.0. The second kappa shape index (κ2) is 9.36. The second-order valence-corrected chi connectivity index (χ2v) is 7.91. The Kier molecular flexibility index (Phi) is 6.38. The van der Waals surface area contributed by atoms with E-state index >= 15 is 0 Å². The molecule has 0 aliphatic carbocycles. The minimum Gasteiger partial charge on any atom is -0.493 e. The highest BCUT2D eigenvalue weighted by atomic mass is 35.5. The highest BCUT2D eigenvalue weighted by Crippen LogP contribution is 2.35. The SMILES string of the molecule is COc1cc2c(Nc3ccc(Cl)cc3F)ncnc2cc1OCCSc1nncn1C. The summed E-state index contributed by atoms with van der Waals surface area (Å²) in [6.45, 7) is 0.436. The molecule has 4 aromatic rings. The molecule has 1 N–H and O–H groups in total. The number of aryl methyl sites for hydroxylation is 1. The van der Waals surface area contributed by atoms with E-state index in [9.17, 15) is 4.39 Å². The van der Waals surface area contributed by atoms with Crippen molar-refractivity contribution in [1.82, 2.24) is 24.7 Å². The predicted octanol–water partition coefficient (Wildman–Crippen LogP) is 4.47. The zero-order valence-corrected chi connectivity index (χ0v) is 18.2. The molecular formula is C20H18ClFN6O2S. The number of thioether (sulfide) groups is 1. The summed E-state index contributed by atoms with van der Waals surface area (Å²) in [5.74, 6) is 1.71. The number of halogens is 2. The Labute approximate surface area is 186 Å². The van der Waals surface area contributed by atoms with Gasteiger partial charge in [0, 0.05) is 29.3 Å². The van der Waals surface area contributed by atoms with E-state index < -0.39 is 5.82 Å². The Morgan fingerprint density at radius 2 is 2.06 bits per heavy atom. The lowest BCUT2D eigenvalue weighted by atomic mass is 10.2. The molecular weight excluding hydrogens is 443 g/mol. The van der Waals surface area contributed by atoms with Gasteiger partial charge in [-0.3, -0.25) is 0 Å². The first-order valence-electron chi connectivity index (χ1n) is 9.19. The molecule has 0 atom stereocenters. The van der Waals surface area contributed by atoms with Crippen LogP contribution in [-0.4, -0.2) is 44.2 Å². The lowest BCUT2D eigenvalue weighted by Gasteiger charge is -2.14. The number of benzene rings is 2. The Morgan fingerprint density at radius 3 is 2.81 bits per heavy atom. The molecule has 0 radical (unpaired) electrons. The molecule has 8 nitrogen and oxygen atoms in total. The van der Waals surface area contributed by atoms with Crippen LogP contribution in [0.4, 0.5) is 15.9 Å². The molecule has 0 aliphatic rings. The third-order valence-electron chi connectivity index (χ3n) is 4.35. The highest BCUT2D eigenvalue weighted by Gasteiger charge is 2.13. The van der Waals surface area contributed by atoms with E-state index in [-0.39, 0.29) is 5.69 Å². The van der Waals surface area contributed by atoms with Crippen LogP contribution in [-0.2, 0) is 7.05 Å². The lowest BCUT2D eigenvalue weighted by Crippen LogP contribution is -2.04. The maximum Gasteiger partial charge on any atom is 0.190 e. The summed E-state index contributed by atoms with van der Waals surface area (Å²) in [4.78, 5) is 8.55. The van der Waals surface area contributed by atoms with E-state index in [0.717, 1.165) is 5.16 Å². The Hall–Kier alpha value is -3.11. The number of hydrogen-bond donors (Lipinski definition) is 1. The molecule has 31 heavy (non-hydrogen) atoms. The van der Waals surface area contributed by atoms with Crippen LogP contribution in [0.25, 0.3) is 10.9 Å². The smallest absolute Gasteiger partial charge is 0.190 e. The number of rotatable bonds is 8. The number of ether oxygens (including phenoxy) is 2. The maximum absolute atomic E-state index is 14.2. The summed E-state index contributed by atoms with van der Waals surface area (Å²) in [6.07, 6.45) is 3.05. The van der Waals surface area contributed by atoms with Crippen LogP contribution in [0.2, 0.25) is 5.02 Å². The average Bonchev–Trinajstić information content (AvgIpc) is 3.17. The van der Waals surface area contributed by atoms with Crippen LogP contribution in [0.5, 0.6) is 11.5 Å². The maximum atomic E-state index is 14.2. The van der Waals surface area contributed by atoms with Crippen LogP contribution < -0.4 is 14.8 Å². The fourth-order valence-corrected chi connectivity index (χ4v) is 3.71. The number of nitrogens with zero attached hydrogens (tertiary/aromatic N) is 5. The van der Waals surface area contributed by atoms with Gasteiger partial charge in [0.2, 0.25) is 0 Å². The largest absolute Gasteiger partial charge is 0.493 e. The predicted molar refractivity (Wildman–Crippen MR) is 118 cm³/mol. The van der Waals surface area contributed by atoms with E-state index in [1.165, 1.54) is 24.2 Å².